The number of benzene rings is 1. The van der Waals surface area contributed by atoms with Gasteiger partial charge in [0.25, 0.3) is 5.91 Å². The zero-order valence-corrected chi connectivity index (χ0v) is 14.8. The van der Waals surface area contributed by atoms with Gasteiger partial charge in [0.15, 0.2) is 5.54 Å². The number of carbonyl (C=O) groups is 1. The molecule has 0 spiro atoms. The highest BCUT2D eigenvalue weighted by Gasteiger charge is 2.41. The molecule has 27 heavy (non-hydrogen) atoms. The van der Waals surface area contributed by atoms with Gasteiger partial charge in [-0.1, -0.05) is 23.2 Å². The molecule has 0 aliphatic rings. The molecule has 0 radical (unpaired) electrons. The van der Waals surface area contributed by atoms with Crippen LogP contribution in [0.1, 0.15) is 30.9 Å². The lowest BCUT2D eigenvalue weighted by molar-refractivity contribution is -0.141. The molecule has 0 fully saturated rings. The van der Waals surface area contributed by atoms with Crippen molar-refractivity contribution in [1.82, 2.24) is 0 Å². The molecule has 0 bridgehead atoms. The van der Waals surface area contributed by atoms with Gasteiger partial charge >= 0.3 is 12.4 Å². The monoisotopic (exact) mass is 434 g/mol. The summed E-state index contributed by atoms with van der Waals surface area (Å²) < 4.78 is 76.5. The smallest absolute Gasteiger partial charge is 0.321 e. The van der Waals surface area contributed by atoms with Gasteiger partial charge in [-0.25, -0.2) is 5.53 Å². The van der Waals surface area contributed by atoms with Crippen LogP contribution in [0.5, 0.6) is 0 Å². The van der Waals surface area contributed by atoms with Crippen molar-refractivity contribution in [2.24, 2.45) is 5.11 Å². The van der Waals surface area contributed by atoms with E-state index in [4.69, 9.17) is 34.0 Å². The van der Waals surface area contributed by atoms with Crippen molar-refractivity contribution in [3.05, 3.63) is 27.2 Å². The predicted molar refractivity (Wildman–Crippen MR) is 83.7 cm³/mol. The van der Waals surface area contributed by atoms with Gasteiger partial charge < -0.3 is 5.32 Å². The Morgan fingerprint density at radius 2 is 1.81 bits per heavy atom. The van der Waals surface area contributed by atoms with Crippen LogP contribution in [0.15, 0.2) is 11.2 Å². The summed E-state index contributed by atoms with van der Waals surface area (Å²) in [4.78, 5) is 12.2. The molecule has 13 heteroatoms. The van der Waals surface area contributed by atoms with E-state index in [1.807, 2.05) is 5.32 Å². The Labute approximate surface area is 158 Å². The molecule has 0 aliphatic heterocycles. The average molecular weight is 435 g/mol. The zero-order chi connectivity index (χ0) is 21.2. The van der Waals surface area contributed by atoms with E-state index in [-0.39, 0.29) is 0 Å². The number of anilines is 1. The van der Waals surface area contributed by atoms with Gasteiger partial charge in [0.1, 0.15) is 0 Å². The molecule has 0 saturated heterocycles. The lowest BCUT2D eigenvalue weighted by Gasteiger charge is -2.24. The van der Waals surface area contributed by atoms with Crippen molar-refractivity contribution >= 4 is 34.8 Å². The Morgan fingerprint density at radius 1 is 1.26 bits per heavy atom. The maximum atomic E-state index is 13.1. The van der Waals surface area contributed by atoms with E-state index >= 15 is 0 Å². The van der Waals surface area contributed by atoms with E-state index in [0.29, 0.717) is 6.07 Å². The van der Waals surface area contributed by atoms with Crippen LogP contribution in [0.2, 0.25) is 10.0 Å². The average Bonchev–Trinajstić information content (AvgIpc) is 2.53. The van der Waals surface area contributed by atoms with Crippen molar-refractivity contribution < 1.29 is 31.1 Å². The first kappa shape index (κ1) is 23.0. The highest BCUT2D eigenvalue weighted by atomic mass is 35.5. The minimum absolute atomic E-state index is 0.541. The Morgan fingerprint density at radius 3 is 2.22 bits per heavy atom. The summed E-state index contributed by atoms with van der Waals surface area (Å²) in [5.41, 5.74) is 1.53. The molecule has 1 aromatic rings. The van der Waals surface area contributed by atoms with Gasteiger partial charge in [0.05, 0.1) is 32.9 Å². The van der Waals surface area contributed by atoms with Crippen LogP contribution >= 0.6 is 23.2 Å². The molecular weight excluding hydrogens is 425 g/mol. The van der Waals surface area contributed by atoms with Gasteiger partial charge in [-0.15, -0.1) is 0 Å². The molecule has 1 atom stereocenters. The molecule has 1 aromatic carbocycles. The van der Waals surface area contributed by atoms with Crippen molar-refractivity contribution in [2.45, 2.75) is 37.7 Å². The normalized spacial score (nSPS) is 14.2. The third-order valence-electron chi connectivity index (χ3n) is 3.49. The molecule has 2 N–H and O–H groups in total. The summed E-state index contributed by atoms with van der Waals surface area (Å²) in [5.74, 6) is -1.32. The number of rotatable bonds is 5. The second kappa shape index (κ2) is 7.90. The number of nitrogens with one attached hydrogen (secondary N) is 2. The second-order valence-corrected chi connectivity index (χ2v) is 6.32. The maximum Gasteiger partial charge on any atom is 0.419 e. The Hall–Kier alpha value is -2.06. The number of nitrogens with zero attached hydrogens (tertiary/aromatic N) is 2. The van der Waals surface area contributed by atoms with E-state index in [0.717, 1.165) is 6.92 Å². The van der Waals surface area contributed by atoms with E-state index in [1.54, 1.807) is 0 Å². The van der Waals surface area contributed by atoms with E-state index in [1.165, 1.54) is 6.07 Å². The van der Waals surface area contributed by atoms with Crippen LogP contribution in [-0.2, 0) is 11.0 Å². The summed E-state index contributed by atoms with van der Waals surface area (Å²) in [5, 5.41) is 11.9. The Kier molecular flexibility index (Phi) is 6.72. The van der Waals surface area contributed by atoms with Gasteiger partial charge in [-0.3, -0.25) is 4.79 Å². The molecule has 0 saturated carbocycles. The molecular formula is C14H10Cl2F6N4O. The van der Waals surface area contributed by atoms with Crippen molar-refractivity contribution in [3.63, 3.8) is 0 Å². The number of carbonyl (C=O) groups excluding carboxylic acids is 1. The maximum absolute atomic E-state index is 13.1. The first-order valence-corrected chi connectivity index (χ1v) is 7.68. The van der Waals surface area contributed by atoms with Crippen molar-refractivity contribution in [2.75, 3.05) is 5.32 Å². The molecule has 0 aliphatic carbocycles. The van der Waals surface area contributed by atoms with Gasteiger partial charge in [-0.2, -0.15) is 36.7 Å². The third kappa shape index (κ3) is 5.46. The van der Waals surface area contributed by atoms with Crippen LogP contribution < -0.4 is 5.32 Å². The van der Waals surface area contributed by atoms with Crippen LogP contribution in [0.3, 0.4) is 0 Å². The summed E-state index contributed by atoms with van der Waals surface area (Å²) in [6.07, 6.45) is -12.1. The quantitative estimate of drug-likeness (QED) is 0.442. The number of amides is 1. The lowest BCUT2D eigenvalue weighted by atomic mass is 9.95. The Bertz CT molecular complexity index is 803. The molecule has 0 aromatic heterocycles. The molecule has 148 valence electrons. The number of halogens is 8. The van der Waals surface area contributed by atoms with Crippen LogP contribution in [0.4, 0.5) is 32.0 Å². The number of nitriles is 1. The highest BCUT2D eigenvalue weighted by molar-refractivity contribution is 6.40. The summed E-state index contributed by atoms with van der Waals surface area (Å²) in [7, 11) is 0. The minimum Gasteiger partial charge on any atom is -0.321 e. The molecule has 5 nitrogen and oxygen atoms in total. The minimum atomic E-state index is -5.06. The van der Waals surface area contributed by atoms with Crippen molar-refractivity contribution in [1.29, 1.82) is 10.8 Å². The first-order chi connectivity index (χ1) is 12.2. The zero-order valence-electron chi connectivity index (χ0n) is 13.3. The van der Waals surface area contributed by atoms with Crippen LogP contribution in [-0.4, -0.2) is 17.6 Å². The SMILES string of the molecule is CC(CCC(F)(F)F)(N=N)C(=O)Nc1c(Cl)cc(C#N)c(C(F)(F)F)c1Cl. The fraction of sp³-hybridized carbons (Fsp3) is 0.429. The largest absolute Gasteiger partial charge is 0.419 e. The van der Waals surface area contributed by atoms with E-state index in [2.05, 4.69) is 5.11 Å². The van der Waals surface area contributed by atoms with Gasteiger partial charge in [0.2, 0.25) is 0 Å². The number of hydrogen-bond donors (Lipinski definition) is 2. The predicted octanol–water partition coefficient (Wildman–Crippen LogP) is 5.95. The first-order valence-electron chi connectivity index (χ1n) is 6.92. The van der Waals surface area contributed by atoms with Gasteiger partial charge in [-0.05, 0) is 19.4 Å². The molecule has 0 heterocycles. The fourth-order valence-corrected chi connectivity index (χ4v) is 2.61. The lowest BCUT2D eigenvalue weighted by Crippen LogP contribution is -2.39. The second-order valence-electron chi connectivity index (χ2n) is 5.53. The third-order valence-corrected chi connectivity index (χ3v) is 4.17. The standard InChI is InChI=1S/C14H10Cl2F6N4O/c1-12(26-24,2-3-13(17,18)19)11(27)25-10-7(15)4-6(5-23)8(9(10)16)14(20,21)22/h4,24H,2-3H2,1H3,(H,25,27). The molecule has 1 amide bonds. The number of hydrogen-bond acceptors (Lipinski definition) is 4. The van der Waals surface area contributed by atoms with Crippen LogP contribution in [0.25, 0.3) is 0 Å². The van der Waals surface area contributed by atoms with E-state index < -0.39 is 63.5 Å². The number of alkyl halides is 6. The fourth-order valence-electron chi connectivity index (χ4n) is 1.95. The Balaban J connectivity index is 3.34. The van der Waals surface area contributed by atoms with E-state index in [9.17, 15) is 31.1 Å². The summed E-state index contributed by atoms with van der Waals surface area (Å²) in [6.45, 7) is 0.900. The van der Waals surface area contributed by atoms with Gasteiger partial charge in [0, 0.05) is 6.42 Å². The van der Waals surface area contributed by atoms with Crippen LogP contribution in [0, 0.1) is 16.9 Å². The molecule has 1 unspecified atom stereocenters. The summed E-state index contributed by atoms with van der Waals surface area (Å²) >= 11 is 11.4. The topological polar surface area (TPSA) is 89.1 Å². The van der Waals surface area contributed by atoms with Crippen molar-refractivity contribution in [3.8, 4) is 6.07 Å². The summed E-state index contributed by atoms with van der Waals surface area (Å²) in [6, 6.07) is 1.88. The highest BCUT2D eigenvalue weighted by Crippen LogP contribution is 2.44. The molecule has 1 rings (SSSR count).